The Morgan fingerprint density at radius 2 is 1.48 bits per heavy atom. The van der Waals surface area contributed by atoms with E-state index in [4.69, 9.17) is 4.74 Å². The Balaban J connectivity index is 2.07. The second-order valence-electron chi connectivity index (χ2n) is 5.57. The fourth-order valence-electron chi connectivity index (χ4n) is 2.85. The fourth-order valence-corrected chi connectivity index (χ4v) is 3.17. The largest absolute Gasteiger partial charge is 0.372 e. The van der Waals surface area contributed by atoms with E-state index >= 15 is 0 Å². The van der Waals surface area contributed by atoms with Gasteiger partial charge in [0.25, 0.3) is 0 Å². The second-order valence-corrected chi connectivity index (χ2v) is 6.13. The van der Waals surface area contributed by atoms with E-state index in [1.165, 1.54) is 0 Å². The van der Waals surface area contributed by atoms with Gasteiger partial charge in [0.15, 0.2) is 11.6 Å². The van der Waals surface area contributed by atoms with E-state index in [2.05, 4.69) is 15.9 Å². The first-order valence-corrected chi connectivity index (χ1v) is 8.72. The summed E-state index contributed by atoms with van der Waals surface area (Å²) in [6, 6.07) is 11.5. The van der Waals surface area contributed by atoms with E-state index < -0.39 is 0 Å². The summed E-state index contributed by atoms with van der Waals surface area (Å²) in [5.41, 5.74) is 5.57. The molecule has 3 nitrogen and oxygen atoms in total. The van der Waals surface area contributed by atoms with Crippen molar-refractivity contribution in [2.75, 3.05) is 5.33 Å². The second kappa shape index (κ2) is 6.77. The molecule has 0 aliphatic carbocycles. The lowest BCUT2D eigenvalue weighted by molar-refractivity contribution is 0.0985. The predicted molar refractivity (Wildman–Crippen MR) is 93.1 cm³/mol. The van der Waals surface area contributed by atoms with Crippen LogP contribution in [0.5, 0.6) is 0 Å². The molecule has 0 aromatic heterocycles. The van der Waals surface area contributed by atoms with E-state index in [1.54, 1.807) is 0 Å². The van der Waals surface area contributed by atoms with Crippen LogP contribution in [0.25, 0.3) is 11.1 Å². The Morgan fingerprint density at radius 3 is 1.96 bits per heavy atom. The zero-order chi connectivity index (χ0) is 16.4. The first kappa shape index (κ1) is 16.1. The van der Waals surface area contributed by atoms with Crippen molar-refractivity contribution in [3.05, 3.63) is 58.7 Å². The van der Waals surface area contributed by atoms with Crippen molar-refractivity contribution < 1.29 is 14.3 Å². The van der Waals surface area contributed by atoms with Crippen molar-refractivity contribution in [2.24, 2.45) is 0 Å². The molecule has 3 rings (SSSR count). The SMILES string of the molecule is CCC(=O)c1ccc2c(c1)COCc1cc(C(=O)CBr)ccc1-2. The number of carbonyl (C=O) groups is 2. The minimum Gasteiger partial charge on any atom is -0.372 e. The van der Waals surface area contributed by atoms with E-state index in [0.717, 1.165) is 27.8 Å². The van der Waals surface area contributed by atoms with Gasteiger partial charge in [0, 0.05) is 17.5 Å². The zero-order valence-electron chi connectivity index (χ0n) is 12.9. The summed E-state index contributed by atoms with van der Waals surface area (Å²) in [6.07, 6.45) is 0.494. The highest BCUT2D eigenvalue weighted by molar-refractivity contribution is 9.09. The van der Waals surface area contributed by atoms with Crippen molar-refractivity contribution in [3.8, 4) is 11.1 Å². The molecule has 0 amide bonds. The van der Waals surface area contributed by atoms with Crippen LogP contribution in [0.4, 0.5) is 0 Å². The summed E-state index contributed by atoms with van der Waals surface area (Å²) in [7, 11) is 0. The van der Waals surface area contributed by atoms with Gasteiger partial charge in [-0.3, -0.25) is 9.59 Å². The lowest BCUT2D eigenvalue weighted by Crippen LogP contribution is -2.02. The number of rotatable bonds is 4. The van der Waals surface area contributed by atoms with Gasteiger partial charge in [-0.25, -0.2) is 0 Å². The third-order valence-electron chi connectivity index (χ3n) is 4.10. The molecular weight excluding hydrogens is 356 g/mol. The molecule has 1 aliphatic heterocycles. The predicted octanol–water partition coefficient (Wildman–Crippen LogP) is 4.55. The molecule has 118 valence electrons. The maximum atomic E-state index is 11.9. The van der Waals surface area contributed by atoms with Crippen LogP contribution in [0.15, 0.2) is 36.4 Å². The number of halogens is 1. The standard InChI is InChI=1S/C19H17BrO3/c1-2-18(21)12-3-5-16-14(7-12)10-23-11-15-8-13(19(22)9-20)4-6-17(15)16/h3-8H,2,9-11H2,1H3. The highest BCUT2D eigenvalue weighted by Crippen LogP contribution is 2.33. The van der Waals surface area contributed by atoms with Crippen molar-refractivity contribution in [3.63, 3.8) is 0 Å². The maximum absolute atomic E-state index is 11.9. The van der Waals surface area contributed by atoms with Crippen molar-refractivity contribution in [2.45, 2.75) is 26.6 Å². The molecule has 0 unspecified atom stereocenters. The van der Waals surface area contributed by atoms with E-state index in [1.807, 2.05) is 43.3 Å². The van der Waals surface area contributed by atoms with Gasteiger partial charge >= 0.3 is 0 Å². The molecule has 0 fully saturated rings. The number of ketones is 2. The van der Waals surface area contributed by atoms with E-state index in [0.29, 0.717) is 30.5 Å². The van der Waals surface area contributed by atoms with Crippen LogP contribution in [0.3, 0.4) is 0 Å². The van der Waals surface area contributed by atoms with Crippen LogP contribution in [-0.2, 0) is 18.0 Å². The minimum atomic E-state index is 0.0566. The summed E-state index contributed by atoms with van der Waals surface area (Å²) in [5.74, 6) is 0.191. The Kier molecular flexibility index (Phi) is 4.74. The van der Waals surface area contributed by atoms with Gasteiger partial charge in [-0.15, -0.1) is 0 Å². The third kappa shape index (κ3) is 3.14. The van der Waals surface area contributed by atoms with Crippen molar-refractivity contribution in [1.82, 2.24) is 0 Å². The van der Waals surface area contributed by atoms with Crippen LogP contribution in [-0.4, -0.2) is 16.9 Å². The van der Waals surface area contributed by atoms with Crippen molar-refractivity contribution in [1.29, 1.82) is 0 Å². The first-order chi connectivity index (χ1) is 11.1. The minimum absolute atomic E-state index is 0.0566. The Labute approximate surface area is 143 Å². The first-order valence-electron chi connectivity index (χ1n) is 7.60. The molecule has 4 heteroatoms. The third-order valence-corrected chi connectivity index (χ3v) is 4.61. The number of Topliss-reactive ketones (excluding diaryl/α,β-unsaturated/α-hetero) is 2. The topological polar surface area (TPSA) is 43.4 Å². The molecule has 2 aromatic carbocycles. The monoisotopic (exact) mass is 372 g/mol. The molecule has 0 spiro atoms. The number of hydrogen-bond acceptors (Lipinski definition) is 3. The lowest BCUT2D eigenvalue weighted by atomic mass is 9.92. The molecule has 0 bridgehead atoms. The van der Waals surface area contributed by atoms with Crippen LogP contribution >= 0.6 is 15.9 Å². The molecular formula is C19H17BrO3. The van der Waals surface area contributed by atoms with Crippen LogP contribution in [0.1, 0.15) is 45.2 Å². The summed E-state index contributed by atoms with van der Waals surface area (Å²) in [5, 5.41) is 0.311. The van der Waals surface area contributed by atoms with Gasteiger partial charge in [-0.2, -0.15) is 0 Å². The normalized spacial score (nSPS) is 13.0. The molecule has 0 atom stereocenters. The quantitative estimate of drug-likeness (QED) is 0.583. The van der Waals surface area contributed by atoms with Gasteiger partial charge in [-0.05, 0) is 34.4 Å². The summed E-state index contributed by atoms with van der Waals surface area (Å²) < 4.78 is 5.75. The molecule has 1 aliphatic rings. The number of benzene rings is 2. The van der Waals surface area contributed by atoms with Crippen molar-refractivity contribution >= 4 is 27.5 Å². The number of carbonyl (C=O) groups excluding carboxylic acids is 2. The maximum Gasteiger partial charge on any atom is 0.173 e. The Morgan fingerprint density at radius 1 is 0.957 bits per heavy atom. The number of ether oxygens (including phenoxy) is 1. The molecule has 1 heterocycles. The highest BCUT2D eigenvalue weighted by atomic mass is 79.9. The Bertz CT molecular complexity index is 715. The molecule has 23 heavy (non-hydrogen) atoms. The molecule has 2 aromatic rings. The molecule has 0 saturated heterocycles. The number of hydrogen-bond donors (Lipinski definition) is 0. The molecule has 0 radical (unpaired) electrons. The van der Waals surface area contributed by atoms with Crippen LogP contribution in [0.2, 0.25) is 0 Å². The molecule has 0 saturated carbocycles. The van der Waals surface area contributed by atoms with Crippen LogP contribution < -0.4 is 0 Å². The fraction of sp³-hybridized carbons (Fsp3) is 0.263. The van der Waals surface area contributed by atoms with Gasteiger partial charge in [-0.1, -0.05) is 47.1 Å². The van der Waals surface area contributed by atoms with Gasteiger partial charge in [0.2, 0.25) is 0 Å². The van der Waals surface area contributed by atoms with Crippen LogP contribution in [0, 0.1) is 0 Å². The van der Waals surface area contributed by atoms with Gasteiger partial charge < -0.3 is 4.74 Å². The van der Waals surface area contributed by atoms with Gasteiger partial charge in [0.1, 0.15) is 0 Å². The van der Waals surface area contributed by atoms with Gasteiger partial charge in [0.05, 0.1) is 18.5 Å². The summed E-state index contributed by atoms with van der Waals surface area (Å²) in [4.78, 5) is 23.8. The number of fused-ring (bicyclic) bond motifs is 3. The number of alkyl halides is 1. The molecule has 0 N–H and O–H groups in total. The average Bonchev–Trinajstić information content (AvgIpc) is 2.78. The van der Waals surface area contributed by atoms with E-state index in [9.17, 15) is 9.59 Å². The lowest BCUT2D eigenvalue weighted by Gasteiger charge is -2.11. The zero-order valence-corrected chi connectivity index (χ0v) is 14.5. The summed E-state index contributed by atoms with van der Waals surface area (Å²) in [6.45, 7) is 2.79. The van der Waals surface area contributed by atoms with E-state index in [-0.39, 0.29) is 11.6 Å². The highest BCUT2D eigenvalue weighted by Gasteiger charge is 2.18. The smallest absolute Gasteiger partial charge is 0.173 e. The summed E-state index contributed by atoms with van der Waals surface area (Å²) >= 11 is 3.20. The Hall–Kier alpha value is -1.78. The average molecular weight is 373 g/mol.